The lowest BCUT2D eigenvalue weighted by Gasteiger charge is -2.19. The maximum Gasteiger partial charge on any atom is 0.305 e. The van der Waals surface area contributed by atoms with E-state index in [1.54, 1.807) is 25.5 Å². The van der Waals surface area contributed by atoms with E-state index in [-0.39, 0.29) is 24.9 Å². The van der Waals surface area contributed by atoms with E-state index in [0.717, 1.165) is 0 Å². The Morgan fingerprint density at radius 3 is 2.61 bits per heavy atom. The van der Waals surface area contributed by atoms with Crippen molar-refractivity contribution in [3.8, 4) is 0 Å². The zero-order valence-corrected chi connectivity index (χ0v) is 17.9. The van der Waals surface area contributed by atoms with Crippen molar-refractivity contribution in [1.82, 2.24) is 19.5 Å². The Bertz CT molecular complexity index is 1060. The first-order valence-electron chi connectivity index (χ1n) is 9.66. The lowest BCUT2D eigenvalue weighted by atomic mass is 10.1. The largest absolute Gasteiger partial charge is 0.467 e. The summed E-state index contributed by atoms with van der Waals surface area (Å²) in [5.74, 6) is -0.380. The molecule has 3 heterocycles. The molecule has 12 nitrogen and oxygen atoms in total. The van der Waals surface area contributed by atoms with Crippen molar-refractivity contribution in [3.63, 3.8) is 0 Å². The quantitative estimate of drug-likeness (QED) is 0.614. The van der Waals surface area contributed by atoms with Gasteiger partial charge in [-0.2, -0.15) is 9.97 Å². The molecule has 2 N–H and O–H groups in total. The second-order valence-corrected chi connectivity index (χ2v) is 6.82. The predicted molar refractivity (Wildman–Crippen MR) is 110 cm³/mol. The highest BCUT2D eigenvalue weighted by Crippen LogP contribution is 2.34. The highest BCUT2D eigenvalue weighted by atomic mass is 16.6. The van der Waals surface area contributed by atoms with Gasteiger partial charge in [-0.05, 0) is 6.92 Å². The number of esters is 2. The first kappa shape index (κ1) is 22.0. The predicted octanol–water partition coefficient (Wildman–Crippen LogP) is 1.30. The number of carbonyl (C=O) groups excluding carboxylic acids is 3. The van der Waals surface area contributed by atoms with Crippen molar-refractivity contribution in [2.45, 2.75) is 46.3 Å². The van der Waals surface area contributed by atoms with Gasteiger partial charge in [-0.25, -0.2) is 4.98 Å². The van der Waals surface area contributed by atoms with Crippen molar-refractivity contribution in [1.29, 1.82) is 0 Å². The summed E-state index contributed by atoms with van der Waals surface area (Å²) in [6, 6.07) is 0. The summed E-state index contributed by atoms with van der Waals surface area (Å²) in [5, 5.41) is 5.47. The Morgan fingerprint density at radius 1 is 1.26 bits per heavy atom. The van der Waals surface area contributed by atoms with Crippen molar-refractivity contribution >= 4 is 46.7 Å². The average molecular weight is 432 g/mol. The van der Waals surface area contributed by atoms with Crippen LogP contribution in [0.3, 0.4) is 0 Å². The highest BCUT2D eigenvalue weighted by Gasteiger charge is 2.39. The number of nitrogens with one attached hydrogen (secondary N) is 2. The number of rotatable bonds is 7. The van der Waals surface area contributed by atoms with Crippen LogP contribution in [-0.2, 0) is 28.6 Å². The van der Waals surface area contributed by atoms with Gasteiger partial charge in [0.2, 0.25) is 17.7 Å². The van der Waals surface area contributed by atoms with E-state index in [1.165, 1.54) is 20.2 Å². The third kappa shape index (κ3) is 4.57. The fourth-order valence-electron chi connectivity index (χ4n) is 3.12. The number of carbonyl (C=O) groups is 3. The molecule has 0 unspecified atom stereocenters. The zero-order chi connectivity index (χ0) is 22.7. The number of fused-ring (bicyclic) bond motifs is 1. The van der Waals surface area contributed by atoms with Gasteiger partial charge in [0.05, 0.1) is 0 Å². The average Bonchev–Trinajstić information content (AvgIpc) is 3.26. The third-order valence-electron chi connectivity index (χ3n) is 4.49. The molecule has 3 rings (SSSR count). The van der Waals surface area contributed by atoms with Crippen molar-refractivity contribution < 1.29 is 28.6 Å². The first-order chi connectivity index (χ1) is 14.7. The second kappa shape index (κ2) is 8.98. The van der Waals surface area contributed by atoms with Gasteiger partial charge in [-0.1, -0.05) is 6.92 Å². The van der Waals surface area contributed by atoms with Gasteiger partial charge < -0.3 is 19.5 Å². The van der Waals surface area contributed by atoms with Crippen molar-refractivity contribution in [2.24, 2.45) is 0 Å². The lowest BCUT2D eigenvalue weighted by molar-refractivity contribution is -0.153. The highest BCUT2D eigenvalue weighted by molar-refractivity contribution is 5.91. The third-order valence-corrected chi connectivity index (χ3v) is 4.49. The molecule has 1 aliphatic rings. The van der Waals surface area contributed by atoms with Crippen LogP contribution in [0.4, 0.5) is 11.8 Å². The Kier molecular flexibility index (Phi) is 6.37. The maximum atomic E-state index is 11.6. The minimum absolute atomic E-state index is 0.0901. The van der Waals surface area contributed by atoms with E-state index in [4.69, 9.17) is 14.2 Å². The van der Waals surface area contributed by atoms with Gasteiger partial charge in [-0.15, -0.1) is 0 Å². The Labute approximate surface area is 178 Å². The Balaban J connectivity index is 2.03. The fraction of sp³-hybridized carbons (Fsp3) is 0.474. The molecule has 0 aliphatic carbocycles. The van der Waals surface area contributed by atoms with E-state index in [1.807, 2.05) is 0 Å². The molecule has 1 amide bonds. The second-order valence-electron chi connectivity index (χ2n) is 6.82. The number of imidazole rings is 1. The minimum atomic E-state index is -0.755. The van der Waals surface area contributed by atoms with Crippen molar-refractivity contribution in [2.75, 3.05) is 24.3 Å². The van der Waals surface area contributed by atoms with Gasteiger partial charge in [0.15, 0.2) is 29.2 Å². The van der Waals surface area contributed by atoms with Crippen LogP contribution in [0.15, 0.2) is 11.9 Å². The molecule has 0 aromatic carbocycles. The van der Waals surface area contributed by atoms with Gasteiger partial charge in [0.1, 0.15) is 12.9 Å². The Hall–Kier alpha value is -3.70. The lowest BCUT2D eigenvalue weighted by Crippen LogP contribution is -2.33. The van der Waals surface area contributed by atoms with Gasteiger partial charge in [0, 0.05) is 32.9 Å². The van der Waals surface area contributed by atoms with Crippen LogP contribution < -0.4 is 10.6 Å². The van der Waals surface area contributed by atoms with Crippen LogP contribution >= 0.6 is 0 Å². The van der Waals surface area contributed by atoms with E-state index in [9.17, 15) is 14.4 Å². The standard InChI is InChI=1S/C19H24N6O6/c1-6-13(28)29-7-12-15(30-11(4)27)9(2)18(31-12)25-8-21-14-16(20-5)23-19(22-10(3)26)24-17(14)25/h8,12,15H,6-7H2,1-5H3,(H2,20,22,23,24,26)/t12-,15+/m1/s1. The normalized spacial score (nSPS) is 18.0. The summed E-state index contributed by atoms with van der Waals surface area (Å²) in [5.41, 5.74) is 1.41. The molecule has 0 spiro atoms. The smallest absolute Gasteiger partial charge is 0.305 e. The molecule has 0 fully saturated rings. The van der Waals surface area contributed by atoms with Crippen LogP contribution in [0.25, 0.3) is 17.0 Å². The summed E-state index contributed by atoms with van der Waals surface area (Å²) < 4.78 is 18.2. The number of anilines is 2. The van der Waals surface area contributed by atoms with E-state index in [2.05, 4.69) is 25.6 Å². The summed E-state index contributed by atoms with van der Waals surface area (Å²) in [6.07, 6.45) is 0.218. The van der Waals surface area contributed by atoms with Gasteiger partial charge in [0.25, 0.3) is 0 Å². The number of nitrogens with zero attached hydrogens (tertiary/aromatic N) is 4. The number of amides is 1. The monoisotopic (exact) mass is 432 g/mol. The zero-order valence-electron chi connectivity index (χ0n) is 17.9. The molecule has 0 radical (unpaired) electrons. The number of hydrogen-bond acceptors (Lipinski definition) is 10. The molecule has 0 saturated carbocycles. The summed E-state index contributed by atoms with van der Waals surface area (Å²) in [7, 11) is 1.67. The molecule has 166 valence electrons. The van der Waals surface area contributed by atoms with Crippen LogP contribution in [-0.4, -0.2) is 63.2 Å². The van der Waals surface area contributed by atoms with Crippen LogP contribution in [0.1, 0.15) is 34.1 Å². The molecular formula is C19H24N6O6. The molecule has 2 atom stereocenters. The molecule has 31 heavy (non-hydrogen) atoms. The number of aromatic nitrogens is 4. The van der Waals surface area contributed by atoms with E-state index in [0.29, 0.717) is 28.4 Å². The summed E-state index contributed by atoms with van der Waals surface area (Å²) in [6.45, 7) is 5.97. The Morgan fingerprint density at radius 2 is 2.00 bits per heavy atom. The topological polar surface area (TPSA) is 147 Å². The minimum Gasteiger partial charge on any atom is -0.467 e. The number of hydrogen-bond donors (Lipinski definition) is 2. The molecule has 0 saturated heterocycles. The molecule has 1 aliphatic heterocycles. The summed E-state index contributed by atoms with van der Waals surface area (Å²) in [4.78, 5) is 47.6. The number of ether oxygens (including phenoxy) is 3. The van der Waals surface area contributed by atoms with E-state index < -0.39 is 24.1 Å². The van der Waals surface area contributed by atoms with Crippen LogP contribution in [0, 0.1) is 0 Å². The van der Waals surface area contributed by atoms with E-state index >= 15 is 0 Å². The molecule has 0 bridgehead atoms. The summed E-state index contributed by atoms with van der Waals surface area (Å²) >= 11 is 0. The van der Waals surface area contributed by atoms with Gasteiger partial charge >= 0.3 is 11.9 Å². The molecular weight excluding hydrogens is 408 g/mol. The van der Waals surface area contributed by atoms with Crippen LogP contribution in [0.5, 0.6) is 0 Å². The van der Waals surface area contributed by atoms with Gasteiger partial charge in [-0.3, -0.25) is 24.3 Å². The molecule has 12 heteroatoms. The molecule has 2 aromatic rings. The van der Waals surface area contributed by atoms with Crippen LogP contribution in [0.2, 0.25) is 0 Å². The van der Waals surface area contributed by atoms with Crippen molar-refractivity contribution in [3.05, 3.63) is 11.9 Å². The maximum absolute atomic E-state index is 11.6. The first-order valence-corrected chi connectivity index (χ1v) is 9.66. The molecule has 2 aromatic heterocycles. The fourth-order valence-corrected chi connectivity index (χ4v) is 3.12. The SMILES string of the molecule is CCC(=O)OC[C@H]1OC(n2cnc3c(NC)nc(NC(C)=O)nc32)=C(C)[C@@H]1OC(C)=O.